The molecule has 1 aromatic heterocycles. The standard InChI is InChI=1S/C26H30N4O2/c1-17-4-6-20(7-5-17)8-11-25(31)30-14-12-22(13-15-30)29-26(32)21-9-10-23-24(16-21)28-19(3)18(2)27-23/h4-7,9-10,16,22H,8,11-15H2,1-3H3,(H,29,32). The number of benzene rings is 2. The lowest BCUT2D eigenvalue weighted by atomic mass is 10.0. The number of aromatic nitrogens is 2. The van der Waals surface area contributed by atoms with E-state index < -0.39 is 0 Å². The maximum absolute atomic E-state index is 12.8. The van der Waals surface area contributed by atoms with Crippen LogP contribution in [0.2, 0.25) is 0 Å². The second kappa shape index (κ2) is 9.47. The zero-order valence-electron chi connectivity index (χ0n) is 19.0. The SMILES string of the molecule is Cc1ccc(CCC(=O)N2CCC(NC(=O)c3ccc4nc(C)c(C)nc4c3)CC2)cc1. The molecular formula is C26H30N4O2. The molecule has 0 unspecified atom stereocenters. The van der Waals surface area contributed by atoms with E-state index in [-0.39, 0.29) is 17.9 Å². The van der Waals surface area contributed by atoms with E-state index in [4.69, 9.17) is 0 Å². The summed E-state index contributed by atoms with van der Waals surface area (Å²) in [5, 5.41) is 3.12. The van der Waals surface area contributed by atoms with Gasteiger partial charge in [-0.05, 0) is 63.8 Å². The van der Waals surface area contributed by atoms with E-state index in [0.717, 1.165) is 41.7 Å². The lowest BCUT2D eigenvalue weighted by molar-refractivity contribution is -0.132. The first kappa shape index (κ1) is 21.9. The molecule has 166 valence electrons. The van der Waals surface area contributed by atoms with Crippen molar-refractivity contribution in [3.8, 4) is 0 Å². The van der Waals surface area contributed by atoms with Crippen molar-refractivity contribution in [2.45, 2.75) is 52.5 Å². The first-order valence-electron chi connectivity index (χ1n) is 11.3. The molecule has 2 heterocycles. The molecule has 32 heavy (non-hydrogen) atoms. The molecule has 0 atom stereocenters. The van der Waals surface area contributed by atoms with Crippen LogP contribution in [-0.2, 0) is 11.2 Å². The predicted molar refractivity (Wildman–Crippen MR) is 126 cm³/mol. The van der Waals surface area contributed by atoms with Gasteiger partial charge in [0.1, 0.15) is 0 Å². The first-order chi connectivity index (χ1) is 15.4. The summed E-state index contributed by atoms with van der Waals surface area (Å²) in [6.07, 6.45) is 2.83. The van der Waals surface area contributed by atoms with Gasteiger partial charge in [-0.15, -0.1) is 0 Å². The highest BCUT2D eigenvalue weighted by Gasteiger charge is 2.24. The van der Waals surface area contributed by atoms with E-state index in [1.807, 2.05) is 24.8 Å². The number of hydrogen-bond acceptors (Lipinski definition) is 4. The van der Waals surface area contributed by atoms with E-state index in [9.17, 15) is 9.59 Å². The molecule has 4 rings (SSSR count). The Kier molecular flexibility index (Phi) is 6.49. The number of aryl methyl sites for hydroxylation is 4. The van der Waals surface area contributed by atoms with Crippen molar-refractivity contribution in [1.29, 1.82) is 0 Å². The summed E-state index contributed by atoms with van der Waals surface area (Å²) < 4.78 is 0. The van der Waals surface area contributed by atoms with Crippen LogP contribution < -0.4 is 5.32 Å². The molecule has 3 aromatic rings. The van der Waals surface area contributed by atoms with Crippen LogP contribution in [0, 0.1) is 20.8 Å². The fraction of sp³-hybridized carbons (Fsp3) is 0.385. The Morgan fingerprint density at radius 2 is 1.59 bits per heavy atom. The molecule has 6 heteroatoms. The molecule has 1 saturated heterocycles. The second-order valence-electron chi connectivity index (χ2n) is 8.71. The number of nitrogens with zero attached hydrogens (tertiary/aromatic N) is 3. The van der Waals surface area contributed by atoms with Gasteiger partial charge in [0.15, 0.2) is 0 Å². The topological polar surface area (TPSA) is 75.2 Å². The molecule has 2 amide bonds. The lowest BCUT2D eigenvalue weighted by Gasteiger charge is -2.32. The smallest absolute Gasteiger partial charge is 0.251 e. The number of likely N-dealkylation sites (tertiary alicyclic amines) is 1. The van der Waals surface area contributed by atoms with Gasteiger partial charge in [-0.2, -0.15) is 0 Å². The highest BCUT2D eigenvalue weighted by atomic mass is 16.2. The molecule has 1 aliphatic rings. The number of fused-ring (bicyclic) bond motifs is 1. The molecule has 0 bridgehead atoms. The van der Waals surface area contributed by atoms with Gasteiger partial charge in [-0.1, -0.05) is 29.8 Å². The van der Waals surface area contributed by atoms with Crippen LogP contribution in [0.5, 0.6) is 0 Å². The average Bonchev–Trinajstić information content (AvgIpc) is 2.79. The Hall–Kier alpha value is -3.28. The summed E-state index contributed by atoms with van der Waals surface area (Å²) in [6, 6.07) is 13.9. The van der Waals surface area contributed by atoms with Crippen molar-refractivity contribution in [1.82, 2.24) is 20.2 Å². The van der Waals surface area contributed by atoms with Crippen molar-refractivity contribution >= 4 is 22.8 Å². The third-order valence-corrected chi connectivity index (χ3v) is 6.27. The van der Waals surface area contributed by atoms with Crippen LogP contribution in [0.25, 0.3) is 11.0 Å². The number of carbonyl (C=O) groups is 2. The summed E-state index contributed by atoms with van der Waals surface area (Å²) >= 11 is 0. The quantitative estimate of drug-likeness (QED) is 0.666. The zero-order chi connectivity index (χ0) is 22.7. The summed E-state index contributed by atoms with van der Waals surface area (Å²) in [4.78, 5) is 36.4. The van der Waals surface area contributed by atoms with Crippen molar-refractivity contribution in [2.24, 2.45) is 0 Å². The van der Waals surface area contributed by atoms with E-state index in [2.05, 4.69) is 46.5 Å². The van der Waals surface area contributed by atoms with Gasteiger partial charge in [0.2, 0.25) is 5.91 Å². The summed E-state index contributed by atoms with van der Waals surface area (Å²) in [7, 11) is 0. The lowest BCUT2D eigenvalue weighted by Crippen LogP contribution is -2.46. The van der Waals surface area contributed by atoms with Gasteiger partial charge in [0.05, 0.1) is 22.4 Å². The molecule has 1 N–H and O–H groups in total. The van der Waals surface area contributed by atoms with Gasteiger partial charge >= 0.3 is 0 Å². The highest BCUT2D eigenvalue weighted by molar-refractivity contribution is 5.97. The molecule has 1 aliphatic heterocycles. The van der Waals surface area contributed by atoms with Crippen LogP contribution in [0.3, 0.4) is 0 Å². The maximum atomic E-state index is 12.8. The largest absolute Gasteiger partial charge is 0.349 e. The van der Waals surface area contributed by atoms with Crippen molar-refractivity contribution in [2.75, 3.05) is 13.1 Å². The van der Waals surface area contributed by atoms with Gasteiger partial charge in [-0.25, -0.2) is 9.97 Å². The Balaban J connectivity index is 1.28. The minimum absolute atomic E-state index is 0.0742. The predicted octanol–water partition coefficient (Wildman–Crippen LogP) is 3.91. The molecular weight excluding hydrogens is 400 g/mol. The van der Waals surface area contributed by atoms with Gasteiger partial charge in [-0.3, -0.25) is 9.59 Å². The number of piperidine rings is 1. The third-order valence-electron chi connectivity index (χ3n) is 6.27. The van der Waals surface area contributed by atoms with Crippen molar-refractivity contribution < 1.29 is 9.59 Å². The summed E-state index contributed by atoms with van der Waals surface area (Å²) in [5.74, 6) is 0.0881. The van der Waals surface area contributed by atoms with E-state index in [0.29, 0.717) is 25.1 Å². The molecule has 1 fully saturated rings. The molecule has 0 spiro atoms. The molecule has 2 aromatic carbocycles. The highest BCUT2D eigenvalue weighted by Crippen LogP contribution is 2.17. The van der Waals surface area contributed by atoms with E-state index in [1.165, 1.54) is 11.1 Å². The second-order valence-corrected chi connectivity index (χ2v) is 8.71. The Bertz CT molecular complexity index is 1130. The number of amides is 2. The van der Waals surface area contributed by atoms with Crippen LogP contribution >= 0.6 is 0 Å². The molecule has 0 saturated carbocycles. The Morgan fingerprint density at radius 3 is 2.28 bits per heavy atom. The van der Waals surface area contributed by atoms with Crippen LogP contribution in [-0.4, -0.2) is 45.8 Å². The molecule has 6 nitrogen and oxygen atoms in total. The summed E-state index contributed by atoms with van der Waals surface area (Å²) in [6.45, 7) is 7.28. The van der Waals surface area contributed by atoms with Gasteiger partial charge < -0.3 is 10.2 Å². The zero-order valence-corrected chi connectivity index (χ0v) is 19.0. The third kappa shape index (κ3) is 5.13. The molecule has 0 aliphatic carbocycles. The minimum atomic E-state index is -0.101. The van der Waals surface area contributed by atoms with Crippen LogP contribution in [0.4, 0.5) is 0 Å². The first-order valence-corrected chi connectivity index (χ1v) is 11.3. The number of hydrogen-bond donors (Lipinski definition) is 1. The van der Waals surface area contributed by atoms with Crippen molar-refractivity contribution in [3.63, 3.8) is 0 Å². The molecule has 0 radical (unpaired) electrons. The van der Waals surface area contributed by atoms with E-state index >= 15 is 0 Å². The fourth-order valence-electron chi connectivity index (χ4n) is 4.08. The number of rotatable bonds is 5. The number of nitrogens with one attached hydrogen (secondary N) is 1. The van der Waals surface area contributed by atoms with Gasteiger partial charge in [0.25, 0.3) is 5.91 Å². The van der Waals surface area contributed by atoms with Crippen LogP contribution in [0.15, 0.2) is 42.5 Å². The van der Waals surface area contributed by atoms with Crippen LogP contribution in [0.1, 0.15) is 52.1 Å². The monoisotopic (exact) mass is 430 g/mol. The Morgan fingerprint density at radius 1 is 0.938 bits per heavy atom. The number of carbonyl (C=O) groups excluding carboxylic acids is 2. The van der Waals surface area contributed by atoms with Crippen molar-refractivity contribution in [3.05, 3.63) is 70.5 Å². The Labute approximate surface area is 189 Å². The normalized spacial score (nSPS) is 14.5. The maximum Gasteiger partial charge on any atom is 0.251 e. The minimum Gasteiger partial charge on any atom is -0.349 e. The fourth-order valence-corrected chi connectivity index (χ4v) is 4.08. The summed E-state index contributed by atoms with van der Waals surface area (Å²) in [5.41, 5.74) is 6.30. The van der Waals surface area contributed by atoms with Gasteiger partial charge in [0, 0.05) is 31.1 Å². The van der Waals surface area contributed by atoms with E-state index in [1.54, 1.807) is 12.1 Å². The average molecular weight is 431 g/mol.